The van der Waals surface area contributed by atoms with Crippen LogP contribution in [0.1, 0.15) is 5.82 Å². The maximum atomic E-state index is 5.96. The van der Waals surface area contributed by atoms with Gasteiger partial charge in [-0.25, -0.2) is 9.97 Å². The second kappa shape index (κ2) is 5.38. The first-order valence-electron chi connectivity index (χ1n) is 6.09. The van der Waals surface area contributed by atoms with E-state index < -0.39 is 0 Å². The fourth-order valence-corrected chi connectivity index (χ4v) is 2.81. The summed E-state index contributed by atoms with van der Waals surface area (Å²) in [5.41, 5.74) is 0.984. The number of aryl methyl sites for hydroxylation is 1. The highest BCUT2D eigenvalue weighted by molar-refractivity contribution is 9.10. The van der Waals surface area contributed by atoms with Crippen molar-refractivity contribution in [3.05, 3.63) is 57.9 Å². The van der Waals surface area contributed by atoms with Gasteiger partial charge in [-0.3, -0.25) is 0 Å². The standard InChI is InChI=1S/C15H11BrClN3/c1-9-18-14(17)8-15(19-9)20-13-7-6-12(16)10-4-2-3-5-11(10)13/h2-8H,1H3,(H,18,19,20). The van der Waals surface area contributed by atoms with Gasteiger partial charge < -0.3 is 5.32 Å². The smallest absolute Gasteiger partial charge is 0.135 e. The molecule has 1 aromatic heterocycles. The van der Waals surface area contributed by atoms with E-state index in [0.717, 1.165) is 20.9 Å². The summed E-state index contributed by atoms with van der Waals surface area (Å²) in [5, 5.41) is 6.00. The molecule has 0 spiro atoms. The molecule has 0 atom stereocenters. The van der Waals surface area contributed by atoms with Crippen LogP contribution in [0.2, 0.25) is 5.15 Å². The van der Waals surface area contributed by atoms with E-state index in [1.165, 1.54) is 0 Å². The van der Waals surface area contributed by atoms with E-state index in [0.29, 0.717) is 16.8 Å². The van der Waals surface area contributed by atoms with Gasteiger partial charge in [0.2, 0.25) is 0 Å². The van der Waals surface area contributed by atoms with E-state index in [1.807, 2.05) is 31.2 Å². The van der Waals surface area contributed by atoms with Gasteiger partial charge in [0.15, 0.2) is 0 Å². The van der Waals surface area contributed by atoms with Crippen LogP contribution in [0.5, 0.6) is 0 Å². The van der Waals surface area contributed by atoms with Crippen LogP contribution in [-0.2, 0) is 0 Å². The fraction of sp³-hybridized carbons (Fsp3) is 0.0667. The Kier molecular flexibility index (Phi) is 3.59. The molecule has 20 heavy (non-hydrogen) atoms. The third-order valence-electron chi connectivity index (χ3n) is 2.94. The topological polar surface area (TPSA) is 37.8 Å². The Morgan fingerprint density at radius 3 is 2.55 bits per heavy atom. The molecule has 0 amide bonds. The number of hydrogen-bond acceptors (Lipinski definition) is 3. The number of rotatable bonds is 2. The lowest BCUT2D eigenvalue weighted by Gasteiger charge is -2.11. The maximum absolute atomic E-state index is 5.96. The molecule has 0 radical (unpaired) electrons. The quantitative estimate of drug-likeness (QED) is 0.655. The maximum Gasteiger partial charge on any atom is 0.135 e. The molecule has 0 saturated heterocycles. The van der Waals surface area contributed by atoms with Crippen molar-refractivity contribution in [2.24, 2.45) is 0 Å². The summed E-state index contributed by atoms with van der Waals surface area (Å²) in [6.45, 7) is 1.82. The van der Waals surface area contributed by atoms with Crippen LogP contribution in [-0.4, -0.2) is 9.97 Å². The van der Waals surface area contributed by atoms with Crippen molar-refractivity contribution in [1.29, 1.82) is 0 Å². The fourth-order valence-electron chi connectivity index (χ4n) is 2.10. The van der Waals surface area contributed by atoms with E-state index in [1.54, 1.807) is 6.07 Å². The second-order valence-electron chi connectivity index (χ2n) is 4.39. The predicted molar refractivity (Wildman–Crippen MR) is 86.7 cm³/mol. The van der Waals surface area contributed by atoms with Gasteiger partial charge in [-0.2, -0.15) is 0 Å². The molecular formula is C15H11BrClN3. The zero-order valence-electron chi connectivity index (χ0n) is 10.7. The van der Waals surface area contributed by atoms with Gasteiger partial charge in [0.05, 0.1) is 0 Å². The number of nitrogens with one attached hydrogen (secondary N) is 1. The number of nitrogens with zero attached hydrogens (tertiary/aromatic N) is 2. The van der Waals surface area contributed by atoms with Gasteiger partial charge in [-0.15, -0.1) is 0 Å². The number of halogens is 2. The SMILES string of the molecule is Cc1nc(Cl)cc(Nc2ccc(Br)c3ccccc23)n1. The minimum Gasteiger partial charge on any atom is -0.340 e. The van der Waals surface area contributed by atoms with Crippen molar-refractivity contribution in [3.8, 4) is 0 Å². The van der Waals surface area contributed by atoms with Crippen molar-refractivity contribution in [2.45, 2.75) is 6.92 Å². The lowest BCUT2D eigenvalue weighted by atomic mass is 10.1. The molecule has 3 nitrogen and oxygen atoms in total. The molecule has 1 N–H and O–H groups in total. The van der Waals surface area contributed by atoms with Crippen LogP contribution < -0.4 is 5.32 Å². The van der Waals surface area contributed by atoms with E-state index in [9.17, 15) is 0 Å². The highest BCUT2D eigenvalue weighted by Crippen LogP contribution is 2.31. The molecule has 100 valence electrons. The van der Waals surface area contributed by atoms with Crippen molar-refractivity contribution >= 4 is 49.8 Å². The summed E-state index contributed by atoms with van der Waals surface area (Å²) in [6.07, 6.45) is 0. The van der Waals surface area contributed by atoms with Crippen molar-refractivity contribution in [3.63, 3.8) is 0 Å². The highest BCUT2D eigenvalue weighted by atomic mass is 79.9. The summed E-state index contributed by atoms with van der Waals surface area (Å²) < 4.78 is 1.07. The zero-order chi connectivity index (χ0) is 14.1. The van der Waals surface area contributed by atoms with E-state index in [4.69, 9.17) is 11.6 Å². The molecule has 0 saturated carbocycles. The van der Waals surface area contributed by atoms with Gasteiger partial charge in [-0.05, 0) is 24.4 Å². The first kappa shape index (κ1) is 13.3. The minimum absolute atomic E-state index is 0.432. The molecular weight excluding hydrogens is 338 g/mol. The summed E-state index contributed by atoms with van der Waals surface area (Å²) in [7, 11) is 0. The lowest BCUT2D eigenvalue weighted by molar-refractivity contribution is 1.06. The summed E-state index contributed by atoms with van der Waals surface area (Å²) in [4.78, 5) is 8.40. The third-order valence-corrected chi connectivity index (χ3v) is 3.83. The normalized spacial score (nSPS) is 10.8. The van der Waals surface area contributed by atoms with E-state index >= 15 is 0 Å². The Morgan fingerprint density at radius 1 is 1.05 bits per heavy atom. The highest BCUT2D eigenvalue weighted by Gasteiger charge is 2.06. The molecule has 3 aromatic rings. The van der Waals surface area contributed by atoms with Gasteiger partial charge in [0, 0.05) is 21.6 Å². The van der Waals surface area contributed by atoms with Crippen LogP contribution in [0.15, 0.2) is 46.9 Å². The van der Waals surface area contributed by atoms with Gasteiger partial charge in [0.1, 0.15) is 16.8 Å². The van der Waals surface area contributed by atoms with E-state index in [-0.39, 0.29) is 0 Å². The van der Waals surface area contributed by atoms with Crippen molar-refractivity contribution < 1.29 is 0 Å². The number of hydrogen-bond donors (Lipinski definition) is 1. The molecule has 0 fully saturated rings. The second-order valence-corrected chi connectivity index (χ2v) is 5.63. The predicted octanol–water partition coefficient (Wildman–Crippen LogP) is 5.10. The largest absolute Gasteiger partial charge is 0.340 e. The molecule has 0 aliphatic carbocycles. The van der Waals surface area contributed by atoms with Gasteiger partial charge in [-0.1, -0.05) is 51.8 Å². The van der Waals surface area contributed by atoms with Crippen LogP contribution in [0, 0.1) is 6.92 Å². The van der Waals surface area contributed by atoms with Crippen molar-refractivity contribution in [1.82, 2.24) is 9.97 Å². The summed E-state index contributed by atoms with van der Waals surface area (Å²) in [6, 6.07) is 13.9. The Morgan fingerprint density at radius 2 is 1.80 bits per heavy atom. The number of anilines is 2. The van der Waals surface area contributed by atoms with Gasteiger partial charge >= 0.3 is 0 Å². The van der Waals surface area contributed by atoms with Crippen LogP contribution in [0.25, 0.3) is 10.8 Å². The summed E-state index contributed by atoms with van der Waals surface area (Å²) >= 11 is 9.53. The minimum atomic E-state index is 0.432. The molecule has 5 heteroatoms. The molecule has 3 rings (SSSR count). The molecule has 2 aromatic carbocycles. The number of benzene rings is 2. The van der Waals surface area contributed by atoms with Crippen LogP contribution >= 0.6 is 27.5 Å². The molecule has 0 bridgehead atoms. The summed E-state index contributed by atoms with van der Waals surface area (Å²) in [5.74, 6) is 1.33. The van der Waals surface area contributed by atoms with Crippen molar-refractivity contribution in [2.75, 3.05) is 5.32 Å². The molecule has 0 aliphatic heterocycles. The average Bonchev–Trinajstić information content (AvgIpc) is 2.41. The first-order chi connectivity index (χ1) is 9.63. The lowest BCUT2D eigenvalue weighted by Crippen LogP contribution is -1.98. The number of aromatic nitrogens is 2. The monoisotopic (exact) mass is 347 g/mol. The zero-order valence-corrected chi connectivity index (χ0v) is 13.0. The molecule has 1 heterocycles. The average molecular weight is 349 g/mol. The third kappa shape index (κ3) is 2.62. The molecule has 0 unspecified atom stereocenters. The van der Waals surface area contributed by atoms with Crippen LogP contribution in [0.3, 0.4) is 0 Å². The Bertz CT molecular complexity index is 769. The Balaban J connectivity index is 2.09. The van der Waals surface area contributed by atoms with Crippen LogP contribution in [0.4, 0.5) is 11.5 Å². The Hall–Kier alpha value is -1.65. The first-order valence-corrected chi connectivity index (χ1v) is 7.26. The molecule has 0 aliphatic rings. The van der Waals surface area contributed by atoms with Gasteiger partial charge in [0.25, 0.3) is 0 Å². The van der Waals surface area contributed by atoms with E-state index in [2.05, 4.69) is 43.3 Å². The Labute approximate surface area is 130 Å². The number of fused-ring (bicyclic) bond motifs is 1.